The van der Waals surface area contributed by atoms with Crippen molar-refractivity contribution in [2.45, 2.75) is 44.4 Å². The Morgan fingerprint density at radius 2 is 1.73 bits per heavy atom. The van der Waals surface area contributed by atoms with Gasteiger partial charge >= 0.3 is 0 Å². The van der Waals surface area contributed by atoms with Gasteiger partial charge in [0, 0.05) is 57.7 Å². The van der Waals surface area contributed by atoms with Crippen LogP contribution >= 0.6 is 0 Å². The Hall–Kier alpha value is -2.79. The summed E-state index contributed by atoms with van der Waals surface area (Å²) in [4.78, 5) is 24.8. The summed E-state index contributed by atoms with van der Waals surface area (Å²) in [5.41, 5.74) is 0. The van der Waals surface area contributed by atoms with Crippen molar-refractivity contribution in [2.75, 3.05) is 57.4 Å². The van der Waals surface area contributed by atoms with Crippen molar-refractivity contribution in [3.05, 3.63) is 24.5 Å². The van der Waals surface area contributed by atoms with Crippen LogP contribution in [0, 0.1) is 0 Å². The van der Waals surface area contributed by atoms with Crippen LogP contribution < -0.4 is 9.64 Å². The maximum absolute atomic E-state index is 12.8. The zero-order valence-electron chi connectivity index (χ0n) is 19.0. The summed E-state index contributed by atoms with van der Waals surface area (Å²) in [5, 5.41) is 12.6. The van der Waals surface area contributed by atoms with Gasteiger partial charge in [0.15, 0.2) is 0 Å². The van der Waals surface area contributed by atoms with Crippen molar-refractivity contribution < 1.29 is 14.3 Å². The molecule has 5 heterocycles. The Bertz CT molecular complexity index is 888. The molecular weight excluding hydrogens is 424 g/mol. The standard InChI is InChI=1S/C22H32N8O3/c31-21(17-30-25-22(24-26-30)29-13-15-32-16-14-29)28-9-3-18(4-10-28)27-11-5-20(6-12-27)33-19-1-7-23-8-2-19/h1-2,7-8,18,20H,3-6,9-17H2. The number of nitrogens with zero attached hydrogens (tertiary/aromatic N) is 8. The van der Waals surface area contributed by atoms with Crippen molar-refractivity contribution in [1.29, 1.82) is 0 Å². The molecule has 1 amide bonds. The number of amides is 1. The number of piperidine rings is 2. The topological polar surface area (TPSA) is 102 Å². The first-order valence-electron chi connectivity index (χ1n) is 11.9. The second-order valence-corrected chi connectivity index (χ2v) is 8.87. The minimum Gasteiger partial charge on any atom is -0.490 e. The molecule has 178 valence electrons. The number of anilines is 1. The molecule has 3 aliphatic heterocycles. The van der Waals surface area contributed by atoms with E-state index in [0.29, 0.717) is 25.2 Å². The van der Waals surface area contributed by atoms with Gasteiger partial charge in [0.25, 0.3) is 5.95 Å². The molecule has 3 aliphatic rings. The van der Waals surface area contributed by atoms with E-state index in [1.807, 2.05) is 21.9 Å². The van der Waals surface area contributed by atoms with E-state index in [1.165, 1.54) is 4.80 Å². The van der Waals surface area contributed by atoms with Gasteiger partial charge in [-0.2, -0.15) is 4.80 Å². The molecule has 3 saturated heterocycles. The molecule has 0 aliphatic carbocycles. The summed E-state index contributed by atoms with van der Waals surface area (Å²) in [6, 6.07) is 4.36. The number of tetrazole rings is 1. The fraction of sp³-hybridized carbons (Fsp3) is 0.682. The van der Waals surface area contributed by atoms with Crippen molar-refractivity contribution in [3.63, 3.8) is 0 Å². The number of carbonyl (C=O) groups is 1. The van der Waals surface area contributed by atoms with E-state index < -0.39 is 0 Å². The number of aromatic nitrogens is 5. The third kappa shape index (κ3) is 5.59. The van der Waals surface area contributed by atoms with Gasteiger partial charge in [-0.05, 0) is 43.0 Å². The molecule has 2 aromatic heterocycles. The second kappa shape index (κ2) is 10.4. The molecule has 11 heteroatoms. The van der Waals surface area contributed by atoms with Crippen LogP contribution in [-0.4, -0.2) is 106 Å². The third-order valence-electron chi connectivity index (χ3n) is 6.78. The van der Waals surface area contributed by atoms with E-state index in [9.17, 15) is 4.79 Å². The minimum absolute atomic E-state index is 0.0591. The number of hydrogen-bond acceptors (Lipinski definition) is 9. The molecule has 5 rings (SSSR count). The molecule has 3 fully saturated rings. The molecule has 0 spiro atoms. The Morgan fingerprint density at radius 1 is 1.00 bits per heavy atom. The third-order valence-corrected chi connectivity index (χ3v) is 6.78. The predicted octanol–water partition coefficient (Wildman–Crippen LogP) is 0.439. The predicted molar refractivity (Wildman–Crippen MR) is 120 cm³/mol. The lowest BCUT2D eigenvalue weighted by atomic mass is 9.99. The number of hydrogen-bond donors (Lipinski definition) is 0. The summed E-state index contributed by atoms with van der Waals surface area (Å²) >= 11 is 0. The molecular formula is C22H32N8O3. The van der Waals surface area contributed by atoms with E-state index >= 15 is 0 Å². The molecule has 0 unspecified atom stereocenters. The van der Waals surface area contributed by atoms with Gasteiger partial charge in [-0.15, -0.1) is 5.10 Å². The lowest BCUT2D eigenvalue weighted by molar-refractivity contribution is -0.134. The number of carbonyl (C=O) groups excluding carboxylic acids is 1. The molecule has 0 saturated carbocycles. The highest BCUT2D eigenvalue weighted by Crippen LogP contribution is 2.24. The first kappa shape index (κ1) is 22.0. The maximum atomic E-state index is 12.8. The van der Waals surface area contributed by atoms with E-state index in [0.717, 1.165) is 70.7 Å². The second-order valence-electron chi connectivity index (χ2n) is 8.87. The van der Waals surface area contributed by atoms with Crippen LogP contribution in [-0.2, 0) is 16.1 Å². The molecule has 0 N–H and O–H groups in total. The quantitative estimate of drug-likeness (QED) is 0.613. The molecule has 2 aromatic rings. The molecule has 0 aromatic carbocycles. The Labute approximate surface area is 193 Å². The summed E-state index contributed by atoms with van der Waals surface area (Å²) in [7, 11) is 0. The van der Waals surface area contributed by atoms with Gasteiger partial charge in [0.2, 0.25) is 5.91 Å². The van der Waals surface area contributed by atoms with E-state index in [-0.39, 0.29) is 18.6 Å². The average Bonchev–Trinajstić information content (AvgIpc) is 3.34. The summed E-state index contributed by atoms with van der Waals surface area (Å²) in [5.74, 6) is 1.53. The maximum Gasteiger partial charge on any atom is 0.266 e. The molecule has 33 heavy (non-hydrogen) atoms. The first-order chi connectivity index (χ1) is 16.2. The van der Waals surface area contributed by atoms with E-state index in [4.69, 9.17) is 9.47 Å². The molecule has 11 nitrogen and oxygen atoms in total. The Balaban J connectivity index is 1.04. The summed E-state index contributed by atoms with van der Waals surface area (Å²) in [6.45, 7) is 6.61. The van der Waals surface area contributed by atoms with Crippen molar-refractivity contribution in [3.8, 4) is 5.75 Å². The normalized spacial score (nSPS) is 21.3. The Morgan fingerprint density at radius 3 is 2.45 bits per heavy atom. The lowest BCUT2D eigenvalue weighted by Crippen LogP contribution is -2.50. The van der Waals surface area contributed by atoms with Crippen LogP contribution in [0.4, 0.5) is 5.95 Å². The average molecular weight is 457 g/mol. The zero-order valence-corrected chi connectivity index (χ0v) is 19.0. The highest BCUT2D eigenvalue weighted by atomic mass is 16.5. The number of rotatable bonds is 6. The number of morpholine rings is 1. The SMILES string of the molecule is O=C(Cn1nnc(N2CCOCC2)n1)N1CCC(N2CCC(Oc3ccncc3)CC2)CC1. The number of pyridine rings is 1. The fourth-order valence-corrected chi connectivity index (χ4v) is 4.86. The van der Waals surface area contributed by atoms with Crippen LogP contribution in [0.15, 0.2) is 24.5 Å². The first-order valence-corrected chi connectivity index (χ1v) is 11.9. The van der Waals surface area contributed by atoms with E-state index in [1.54, 1.807) is 12.4 Å². The smallest absolute Gasteiger partial charge is 0.266 e. The van der Waals surface area contributed by atoms with Crippen LogP contribution in [0.2, 0.25) is 0 Å². The summed E-state index contributed by atoms with van der Waals surface area (Å²) < 4.78 is 11.4. The van der Waals surface area contributed by atoms with Gasteiger partial charge in [-0.3, -0.25) is 14.7 Å². The lowest BCUT2D eigenvalue weighted by Gasteiger charge is -2.41. The Kier molecular flexibility index (Phi) is 6.96. The molecule has 0 atom stereocenters. The van der Waals surface area contributed by atoms with Gasteiger partial charge in [0.1, 0.15) is 18.4 Å². The fourth-order valence-electron chi connectivity index (χ4n) is 4.86. The molecule has 0 bridgehead atoms. The van der Waals surface area contributed by atoms with Crippen LogP contribution in [0.25, 0.3) is 0 Å². The zero-order chi connectivity index (χ0) is 22.5. The highest BCUT2D eigenvalue weighted by Gasteiger charge is 2.30. The largest absolute Gasteiger partial charge is 0.490 e. The van der Waals surface area contributed by atoms with Gasteiger partial charge in [0.05, 0.1) is 13.2 Å². The van der Waals surface area contributed by atoms with Crippen LogP contribution in [0.3, 0.4) is 0 Å². The van der Waals surface area contributed by atoms with Crippen molar-refractivity contribution >= 4 is 11.9 Å². The van der Waals surface area contributed by atoms with Gasteiger partial charge in [-0.1, -0.05) is 5.10 Å². The van der Waals surface area contributed by atoms with E-state index in [2.05, 4.69) is 25.3 Å². The molecule has 0 radical (unpaired) electrons. The van der Waals surface area contributed by atoms with Gasteiger partial charge < -0.3 is 19.3 Å². The van der Waals surface area contributed by atoms with Gasteiger partial charge in [-0.25, -0.2) is 0 Å². The minimum atomic E-state index is 0.0591. The number of ether oxygens (including phenoxy) is 2. The van der Waals surface area contributed by atoms with Crippen molar-refractivity contribution in [2.24, 2.45) is 0 Å². The highest BCUT2D eigenvalue weighted by molar-refractivity contribution is 5.75. The van der Waals surface area contributed by atoms with Crippen LogP contribution in [0.1, 0.15) is 25.7 Å². The monoisotopic (exact) mass is 456 g/mol. The van der Waals surface area contributed by atoms with Crippen LogP contribution in [0.5, 0.6) is 5.75 Å². The summed E-state index contributed by atoms with van der Waals surface area (Å²) in [6.07, 6.45) is 7.87. The van der Waals surface area contributed by atoms with Crippen molar-refractivity contribution in [1.82, 2.24) is 35.0 Å². The number of likely N-dealkylation sites (tertiary alicyclic amines) is 2.